The number of halogens is 3. The summed E-state index contributed by atoms with van der Waals surface area (Å²) in [5.74, 6) is -0.478. The third kappa shape index (κ3) is 9.03. The van der Waals surface area contributed by atoms with Gasteiger partial charge in [-0.15, -0.1) is 13.2 Å². The molecule has 0 saturated heterocycles. The lowest BCUT2D eigenvalue weighted by atomic mass is 9.84. The van der Waals surface area contributed by atoms with Gasteiger partial charge in [-0.25, -0.2) is 0 Å². The molecular weight excluding hydrogens is 519 g/mol. The maximum atomic E-state index is 13.1. The van der Waals surface area contributed by atoms with E-state index in [1.807, 2.05) is 42.5 Å². The Hall–Kier alpha value is -4.01. The molecule has 1 aliphatic rings. The van der Waals surface area contributed by atoms with Crippen molar-refractivity contribution >= 4 is 17.5 Å². The molecular formula is C31H34F3N3O3. The number of ether oxygens (including phenoxy) is 1. The van der Waals surface area contributed by atoms with Crippen LogP contribution in [0, 0.1) is 5.92 Å². The van der Waals surface area contributed by atoms with E-state index in [-0.39, 0.29) is 24.1 Å². The van der Waals surface area contributed by atoms with Crippen molar-refractivity contribution in [3.63, 3.8) is 0 Å². The van der Waals surface area contributed by atoms with E-state index in [9.17, 15) is 22.8 Å². The van der Waals surface area contributed by atoms with Crippen LogP contribution in [0.15, 0.2) is 78.9 Å². The van der Waals surface area contributed by atoms with Crippen LogP contribution in [0.4, 0.5) is 18.9 Å². The molecule has 2 amide bonds. The van der Waals surface area contributed by atoms with Crippen LogP contribution in [0.1, 0.15) is 48.9 Å². The van der Waals surface area contributed by atoms with Crippen LogP contribution >= 0.6 is 0 Å². The molecule has 1 aliphatic carbocycles. The number of hydrogen-bond acceptors (Lipinski definition) is 4. The second-order valence-corrected chi connectivity index (χ2v) is 10.00. The molecule has 0 unspecified atom stereocenters. The molecule has 212 valence electrons. The molecule has 0 bridgehead atoms. The van der Waals surface area contributed by atoms with Crippen LogP contribution in [-0.2, 0) is 4.79 Å². The SMILES string of the molecule is O=C(N[C@@H](CC1CCCCC1)C(=O)NCCNc1ccc(OC(F)(F)F)cc1)c1ccc(-c2ccccc2)cc1. The topological polar surface area (TPSA) is 79.5 Å². The van der Waals surface area contributed by atoms with Crippen molar-refractivity contribution in [2.45, 2.75) is 50.9 Å². The van der Waals surface area contributed by atoms with Gasteiger partial charge in [-0.05, 0) is 59.9 Å². The van der Waals surface area contributed by atoms with Crippen molar-refractivity contribution in [1.82, 2.24) is 10.6 Å². The third-order valence-electron chi connectivity index (χ3n) is 7.01. The lowest BCUT2D eigenvalue weighted by molar-refractivity contribution is -0.274. The lowest BCUT2D eigenvalue weighted by Crippen LogP contribution is -2.48. The average molecular weight is 554 g/mol. The normalized spacial score (nSPS) is 14.7. The van der Waals surface area contributed by atoms with Crippen LogP contribution in [0.5, 0.6) is 5.75 Å². The van der Waals surface area contributed by atoms with E-state index in [1.165, 1.54) is 30.7 Å². The van der Waals surface area contributed by atoms with E-state index in [0.717, 1.165) is 36.8 Å². The second kappa shape index (κ2) is 13.9. The van der Waals surface area contributed by atoms with Crippen LogP contribution in [0.3, 0.4) is 0 Å². The number of rotatable bonds is 11. The molecule has 9 heteroatoms. The van der Waals surface area contributed by atoms with E-state index in [1.54, 1.807) is 12.1 Å². The fraction of sp³-hybridized carbons (Fsp3) is 0.355. The van der Waals surface area contributed by atoms with Gasteiger partial charge in [-0.3, -0.25) is 9.59 Å². The third-order valence-corrected chi connectivity index (χ3v) is 7.01. The monoisotopic (exact) mass is 553 g/mol. The van der Waals surface area contributed by atoms with E-state index in [0.29, 0.717) is 30.1 Å². The van der Waals surface area contributed by atoms with Crippen molar-refractivity contribution in [2.24, 2.45) is 5.92 Å². The van der Waals surface area contributed by atoms with Gasteiger partial charge in [-0.2, -0.15) is 0 Å². The van der Waals surface area contributed by atoms with Crippen molar-refractivity contribution in [3.05, 3.63) is 84.4 Å². The number of alkyl halides is 3. The quantitative estimate of drug-likeness (QED) is 0.235. The predicted molar refractivity (Wildman–Crippen MR) is 149 cm³/mol. The standard InChI is InChI=1S/C31H34F3N3O3/c32-31(33,34)40-27-17-15-26(16-18-27)35-19-20-36-30(39)28(21-22-7-3-1-4-8-22)37-29(38)25-13-11-24(12-14-25)23-9-5-2-6-10-23/h2,5-6,9-18,22,28,35H,1,3-4,7-8,19-21H2,(H,36,39)(H,37,38)/t28-/m0/s1. The zero-order valence-corrected chi connectivity index (χ0v) is 22.2. The van der Waals surface area contributed by atoms with Gasteiger partial charge in [0.2, 0.25) is 5.91 Å². The number of anilines is 1. The Kier molecular flexibility index (Phi) is 10.0. The Bertz CT molecular complexity index is 1230. The summed E-state index contributed by atoms with van der Waals surface area (Å²) in [7, 11) is 0. The molecule has 0 aromatic heterocycles. The Balaban J connectivity index is 1.31. The minimum absolute atomic E-state index is 0.254. The molecule has 40 heavy (non-hydrogen) atoms. The second-order valence-electron chi connectivity index (χ2n) is 10.00. The zero-order valence-electron chi connectivity index (χ0n) is 22.2. The average Bonchev–Trinajstić information content (AvgIpc) is 2.96. The maximum absolute atomic E-state index is 13.1. The summed E-state index contributed by atoms with van der Waals surface area (Å²) in [5, 5.41) is 8.89. The zero-order chi connectivity index (χ0) is 28.4. The van der Waals surface area contributed by atoms with Crippen LogP contribution in [-0.4, -0.2) is 37.3 Å². The first-order valence-corrected chi connectivity index (χ1v) is 13.6. The molecule has 0 aliphatic heterocycles. The van der Waals surface area contributed by atoms with Crippen LogP contribution in [0.2, 0.25) is 0 Å². The summed E-state index contributed by atoms with van der Waals surface area (Å²) >= 11 is 0. The molecule has 4 rings (SSSR count). The predicted octanol–water partition coefficient (Wildman–Crippen LogP) is 6.55. The number of hydrogen-bond donors (Lipinski definition) is 3. The van der Waals surface area contributed by atoms with Gasteiger partial charge in [0.15, 0.2) is 0 Å². The van der Waals surface area contributed by atoms with Crippen LogP contribution in [0.25, 0.3) is 11.1 Å². The highest BCUT2D eigenvalue weighted by Gasteiger charge is 2.31. The van der Waals surface area contributed by atoms with Gasteiger partial charge in [0.1, 0.15) is 11.8 Å². The van der Waals surface area contributed by atoms with E-state index in [2.05, 4.69) is 20.7 Å². The fourth-order valence-corrected chi connectivity index (χ4v) is 4.96. The minimum Gasteiger partial charge on any atom is -0.406 e. The Morgan fingerprint density at radius 2 is 1.48 bits per heavy atom. The molecule has 3 N–H and O–H groups in total. The largest absolute Gasteiger partial charge is 0.573 e. The van der Waals surface area contributed by atoms with Gasteiger partial charge >= 0.3 is 6.36 Å². The number of benzene rings is 3. The van der Waals surface area contributed by atoms with Gasteiger partial charge in [0, 0.05) is 24.3 Å². The molecule has 0 heterocycles. The molecule has 3 aromatic carbocycles. The van der Waals surface area contributed by atoms with Crippen molar-refractivity contribution < 1.29 is 27.5 Å². The van der Waals surface area contributed by atoms with Crippen molar-refractivity contribution in [3.8, 4) is 16.9 Å². The first-order valence-electron chi connectivity index (χ1n) is 13.6. The first kappa shape index (κ1) is 29.0. The molecule has 6 nitrogen and oxygen atoms in total. The Morgan fingerprint density at radius 1 is 0.825 bits per heavy atom. The first-order chi connectivity index (χ1) is 19.3. The highest BCUT2D eigenvalue weighted by atomic mass is 19.4. The van der Waals surface area contributed by atoms with E-state index < -0.39 is 12.4 Å². The summed E-state index contributed by atoms with van der Waals surface area (Å²) in [4.78, 5) is 26.2. The van der Waals surface area contributed by atoms with E-state index in [4.69, 9.17) is 0 Å². The molecule has 0 radical (unpaired) electrons. The maximum Gasteiger partial charge on any atom is 0.573 e. The number of nitrogens with one attached hydrogen (secondary N) is 3. The number of carbonyl (C=O) groups excluding carboxylic acids is 2. The minimum atomic E-state index is -4.74. The highest BCUT2D eigenvalue weighted by molar-refractivity contribution is 5.97. The Morgan fingerprint density at radius 3 is 2.12 bits per heavy atom. The summed E-state index contributed by atoms with van der Waals surface area (Å²) in [6.07, 6.45) is 1.38. The molecule has 3 aromatic rings. The number of carbonyl (C=O) groups is 2. The smallest absolute Gasteiger partial charge is 0.406 e. The van der Waals surface area contributed by atoms with E-state index >= 15 is 0 Å². The Labute approximate surface area is 232 Å². The summed E-state index contributed by atoms with van der Waals surface area (Å²) in [5.41, 5.74) is 3.14. The van der Waals surface area contributed by atoms with Crippen molar-refractivity contribution in [1.29, 1.82) is 0 Å². The summed E-state index contributed by atoms with van der Waals surface area (Å²) < 4.78 is 40.9. The van der Waals surface area contributed by atoms with Crippen LogP contribution < -0.4 is 20.7 Å². The summed E-state index contributed by atoms with van der Waals surface area (Å²) in [6.45, 7) is 0.638. The fourth-order valence-electron chi connectivity index (χ4n) is 4.96. The molecule has 1 atom stereocenters. The summed E-state index contributed by atoms with van der Waals surface area (Å²) in [6, 6.07) is 21.9. The van der Waals surface area contributed by atoms with Gasteiger partial charge in [0.25, 0.3) is 5.91 Å². The molecule has 1 saturated carbocycles. The highest BCUT2D eigenvalue weighted by Crippen LogP contribution is 2.28. The lowest BCUT2D eigenvalue weighted by Gasteiger charge is -2.26. The molecule has 1 fully saturated rings. The molecule has 0 spiro atoms. The number of amides is 2. The van der Waals surface area contributed by atoms with Gasteiger partial charge in [0.05, 0.1) is 0 Å². The van der Waals surface area contributed by atoms with Gasteiger partial charge in [-0.1, -0.05) is 74.6 Å². The van der Waals surface area contributed by atoms with Crippen molar-refractivity contribution in [2.75, 3.05) is 18.4 Å². The van der Waals surface area contributed by atoms with Gasteiger partial charge < -0.3 is 20.7 Å².